The van der Waals surface area contributed by atoms with Crippen molar-refractivity contribution in [3.8, 4) is 0 Å². The maximum Gasteiger partial charge on any atom is 0.355 e. The first kappa shape index (κ1) is 12.6. The number of nitrogens with zero attached hydrogens (tertiary/aromatic N) is 3. The van der Waals surface area contributed by atoms with Gasteiger partial charge in [-0.25, -0.2) is 9.78 Å². The van der Waals surface area contributed by atoms with Gasteiger partial charge in [-0.1, -0.05) is 0 Å². The van der Waals surface area contributed by atoms with Crippen LogP contribution in [0, 0.1) is 0 Å². The van der Waals surface area contributed by atoms with E-state index < -0.39 is 5.97 Å². The van der Waals surface area contributed by atoms with Crippen molar-refractivity contribution in [3.05, 3.63) is 16.1 Å². The lowest BCUT2D eigenvalue weighted by Crippen LogP contribution is -2.52. The monoisotopic (exact) mass is 281 g/mol. The van der Waals surface area contributed by atoms with E-state index in [2.05, 4.69) is 9.88 Å². The summed E-state index contributed by atoms with van der Waals surface area (Å²) >= 11 is 1.11. The van der Waals surface area contributed by atoms with Crippen LogP contribution >= 0.6 is 11.3 Å². The number of hydrogen-bond acceptors (Lipinski definition) is 5. The van der Waals surface area contributed by atoms with Crippen LogP contribution in [0.25, 0.3) is 0 Å². The molecule has 0 bridgehead atoms. The molecule has 1 unspecified atom stereocenters. The number of thiazole rings is 1. The topological polar surface area (TPSA) is 73.7 Å². The van der Waals surface area contributed by atoms with Gasteiger partial charge in [0, 0.05) is 31.1 Å². The van der Waals surface area contributed by atoms with E-state index in [9.17, 15) is 9.59 Å². The van der Waals surface area contributed by atoms with Gasteiger partial charge in [0.1, 0.15) is 0 Å². The number of carbonyl (C=O) groups excluding carboxylic acids is 1. The minimum atomic E-state index is -1.09. The van der Waals surface area contributed by atoms with Crippen LogP contribution < -0.4 is 0 Å². The Hall–Kier alpha value is -1.47. The molecule has 1 atom stereocenters. The highest BCUT2D eigenvalue weighted by Gasteiger charge is 2.33. The number of piperazine rings is 1. The fourth-order valence-corrected chi connectivity index (χ4v) is 3.54. The Bertz CT molecular complexity index is 516. The second-order valence-corrected chi connectivity index (χ2v) is 5.78. The molecular weight excluding hydrogens is 266 g/mol. The molecule has 1 aromatic rings. The summed E-state index contributed by atoms with van der Waals surface area (Å²) in [6.45, 7) is 3.48. The van der Waals surface area contributed by atoms with Crippen molar-refractivity contribution in [1.29, 1.82) is 0 Å². The third-order valence-electron chi connectivity index (χ3n) is 3.78. The minimum absolute atomic E-state index is 0.0483. The summed E-state index contributed by atoms with van der Waals surface area (Å²) in [5.74, 6) is -1.22. The summed E-state index contributed by atoms with van der Waals surface area (Å²) < 4.78 is 0. The average molecular weight is 281 g/mol. The van der Waals surface area contributed by atoms with Gasteiger partial charge in [-0.2, -0.15) is 0 Å². The lowest BCUT2D eigenvalue weighted by molar-refractivity contribution is 0.0571. The van der Waals surface area contributed by atoms with Gasteiger partial charge in [0.2, 0.25) is 0 Å². The van der Waals surface area contributed by atoms with Gasteiger partial charge in [-0.15, -0.1) is 11.3 Å². The zero-order chi connectivity index (χ0) is 13.4. The van der Waals surface area contributed by atoms with Crippen LogP contribution in [-0.4, -0.2) is 64.0 Å². The average Bonchev–Trinajstić information content (AvgIpc) is 3.06. The number of carboxylic acids is 1. The Labute approximate surface area is 114 Å². The molecular formula is C12H15N3O3S. The zero-order valence-electron chi connectivity index (χ0n) is 10.4. The van der Waals surface area contributed by atoms with Crippen molar-refractivity contribution < 1.29 is 14.7 Å². The van der Waals surface area contributed by atoms with E-state index in [0.717, 1.165) is 37.4 Å². The van der Waals surface area contributed by atoms with Crippen molar-refractivity contribution in [3.63, 3.8) is 0 Å². The van der Waals surface area contributed by atoms with Gasteiger partial charge in [0.25, 0.3) is 5.91 Å². The van der Waals surface area contributed by atoms with Crippen LogP contribution in [0.15, 0.2) is 5.38 Å². The SMILES string of the molecule is O=C(O)c1csc(C(=O)N2CCN3CCCC3C2)n1. The van der Waals surface area contributed by atoms with E-state index in [1.54, 1.807) is 4.90 Å². The van der Waals surface area contributed by atoms with Gasteiger partial charge in [-0.3, -0.25) is 9.69 Å². The Morgan fingerprint density at radius 1 is 1.37 bits per heavy atom. The fourth-order valence-electron chi connectivity index (χ4n) is 2.78. The van der Waals surface area contributed by atoms with Crippen molar-refractivity contribution >= 4 is 23.2 Å². The number of aromatic nitrogens is 1. The van der Waals surface area contributed by atoms with E-state index in [0.29, 0.717) is 12.6 Å². The number of amides is 1. The summed E-state index contributed by atoms with van der Waals surface area (Å²) in [7, 11) is 0. The number of hydrogen-bond donors (Lipinski definition) is 1. The molecule has 1 aromatic heterocycles. The van der Waals surface area contributed by atoms with Crippen LogP contribution in [0.3, 0.4) is 0 Å². The standard InChI is InChI=1S/C12H15N3O3S/c16-11(10-13-9(7-19-10)12(17)18)15-5-4-14-3-1-2-8(14)6-15/h7-8H,1-6H2,(H,17,18). The quantitative estimate of drug-likeness (QED) is 0.866. The maximum absolute atomic E-state index is 12.3. The highest BCUT2D eigenvalue weighted by atomic mass is 32.1. The fraction of sp³-hybridized carbons (Fsp3) is 0.583. The van der Waals surface area contributed by atoms with Crippen LogP contribution in [-0.2, 0) is 0 Å². The van der Waals surface area contributed by atoms with Gasteiger partial charge in [0.05, 0.1) is 0 Å². The summed E-state index contributed by atoms with van der Waals surface area (Å²) in [5.41, 5.74) is -0.0483. The smallest absolute Gasteiger partial charge is 0.355 e. The molecule has 2 aliphatic rings. The van der Waals surface area contributed by atoms with Gasteiger partial charge >= 0.3 is 5.97 Å². The van der Waals surface area contributed by atoms with Gasteiger partial charge in [-0.05, 0) is 19.4 Å². The van der Waals surface area contributed by atoms with Gasteiger partial charge in [0.15, 0.2) is 10.7 Å². The first-order valence-corrected chi connectivity index (χ1v) is 7.25. The van der Waals surface area contributed by atoms with E-state index in [4.69, 9.17) is 5.11 Å². The zero-order valence-corrected chi connectivity index (χ0v) is 11.2. The Kier molecular flexibility index (Phi) is 3.24. The molecule has 6 nitrogen and oxygen atoms in total. The van der Waals surface area contributed by atoms with Crippen LogP contribution in [0.4, 0.5) is 0 Å². The largest absolute Gasteiger partial charge is 0.476 e. The molecule has 0 aliphatic carbocycles. The molecule has 0 radical (unpaired) electrons. The number of carbonyl (C=O) groups is 2. The Morgan fingerprint density at radius 3 is 2.95 bits per heavy atom. The van der Waals surface area contributed by atoms with Crippen LogP contribution in [0.1, 0.15) is 33.1 Å². The lowest BCUT2D eigenvalue weighted by atomic mass is 10.1. The lowest BCUT2D eigenvalue weighted by Gasteiger charge is -2.37. The second-order valence-electron chi connectivity index (χ2n) is 4.93. The van der Waals surface area contributed by atoms with E-state index in [1.165, 1.54) is 11.8 Å². The van der Waals surface area contributed by atoms with Crippen LogP contribution in [0.5, 0.6) is 0 Å². The molecule has 2 fully saturated rings. The molecule has 3 heterocycles. The van der Waals surface area contributed by atoms with Crippen molar-refractivity contribution in [2.24, 2.45) is 0 Å². The summed E-state index contributed by atoms with van der Waals surface area (Å²) in [6.07, 6.45) is 2.34. The molecule has 3 rings (SSSR count). The molecule has 0 aromatic carbocycles. The third-order valence-corrected chi connectivity index (χ3v) is 4.61. The highest BCUT2D eigenvalue weighted by Crippen LogP contribution is 2.23. The minimum Gasteiger partial charge on any atom is -0.476 e. The van der Waals surface area contributed by atoms with Crippen molar-refractivity contribution in [2.75, 3.05) is 26.2 Å². The maximum atomic E-state index is 12.3. The molecule has 1 amide bonds. The molecule has 0 spiro atoms. The predicted octanol–water partition coefficient (Wildman–Crippen LogP) is 0.762. The van der Waals surface area contributed by atoms with Crippen molar-refractivity contribution in [2.45, 2.75) is 18.9 Å². The van der Waals surface area contributed by atoms with E-state index in [-0.39, 0.29) is 16.6 Å². The second kappa shape index (κ2) is 4.90. The Morgan fingerprint density at radius 2 is 2.21 bits per heavy atom. The molecule has 19 heavy (non-hydrogen) atoms. The van der Waals surface area contributed by atoms with Gasteiger partial charge < -0.3 is 10.0 Å². The number of fused-ring (bicyclic) bond motifs is 1. The van der Waals surface area contributed by atoms with E-state index in [1.807, 2.05) is 0 Å². The normalized spacial score (nSPS) is 23.4. The summed E-state index contributed by atoms with van der Waals surface area (Å²) in [6, 6.07) is 0.469. The van der Waals surface area contributed by atoms with Crippen LogP contribution in [0.2, 0.25) is 0 Å². The molecule has 7 heteroatoms. The number of rotatable bonds is 2. The number of carboxylic acid groups (broad SMARTS) is 1. The van der Waals surface area contributed by atoms with Crippen molar-refractivity contribution in [1.82, 2.24) is 14.8 Å². The van der Waals surface area contributed by atoms with E-state index >= 15 is 0 Å². The molecule has 102 valence electrons. The third kappa shape index (κ3) is 2.35. The summed E-state index contributed by atoms with van der Waals surface area (Å²) in [4.78, 5) is 31.2. The molecule has 2 saturated heterocycles. The molecule has 1 N–H and O–H groups in total. The molecule has 2 aliphatic heterocycles. The summed E-state index contributed by atoms with van der Waals surface area (Å²) in [5, 5.41) is 10.5. The molecule has 0 saturated carbocycles. The predicted molar refractivity (Wildman–Crippen MR) is 69.6 cm³/mol. The highest BCUT2D eigenvalue weighted by molar-refractivity contribution is 7.11. The first-order chi connectivity index (χ1) is 9.15. The number of aromatic carboxylic acids is 1. The first-order valence-electron chi connectivity index (χ1n) is 6.37. The Balaban J connectivity index is 1.71.